The largest absolute Gasteiger partial charge is 0.355 e. The molecular formula is C13H24N2O. The molecule has 0 unspecified atom stereocenters. The van der Waals surface area contributed by atoms with Crippen LogP contribution in [0.5, 0.6) is 0 Å². The van der Waals surface area contributed by atoms with Crippen molar-refractivity contribution in [3.8, 4) is 0 Å². The van der Waals surface area contributed by atoms with Gasteiger partial charge >= 0.3 is 0 Å². The molecule has 1 amide bonds. The van der Waals surface area contributed by atoms with Gasteiger partial charge in [-0.15, -0.1) is 0 Å². The number of carbonyl (C=O) groups excluding carboxylic acids is 1. The number of hydrogen-bond acceptors (Lipinski definition) is 2. The Morgan fingerprint density at radius 3 is 2.56 bits per heavy atom. The average molecular weight is 224 g/mol. The molecule has 0 atom stereocenters. The number of hydrogen-bond donors (Lipinski definition) is 2. The summed E-state index contributed by atoms with van der Waals surface area (Å²) in [5.74, 6) is 1.14. The van der Waals surface area contributed by atoms with Gasteiger partial charge in [-0.05, 0) is 37.0 Å². The Balaban J connectivity index is 1.57. The van der Waals surface area contributed by atoms with E-state index in [0.717, 1.165) is 19.0 Å². The van der Waals surface area contributed by atoms with Crippen LogP contribution >= 0.6 is 0 Å². The summed E-state index contributed by atoms with van der Waals surface area (Å²) in [7, 11) is 0. The maximum absolute atomic E-state index is 11.6. The second kappa shape index (κ2) is 4.74. The summed E-state index contributed by atoms with van der Waals surface area (Å²) in [5, 5.41) is 6.36. The summed E-state index contributed by atoms with van der Waals surface area (Å²) in [4.78, 5) is 11.6. The maximum atomic E-state index is 11.6. The molecule has 0 aromatic rings. The SMILES string of the molecule is CC(C)NCCC(=O)NCC1(C2CC2)CC1. The van der Waals surface area contributed by atoms with Gasteiger partial charge in [-0.1, -0.05) is 13.8 Å². The molecule has 2 aliphatic rings. The Morgan fingerprint density at radius 1 is 1.38 bits per heavy atom. The van der Waals surface area contributed by atoms with E-state index in [1.165, 1.54) is 25.7 Å². The highest BCUT2D eigenvalue weighted by atomic mass is 16.1. The lowest BCUT2D eigenvalue weighted by Crippen LogP contribution is -2.34. The smallest absolute Gasteiger partial charge is 0.221 e. The number of nitrogens with one attached hydrogen (secondary N) is 2. The molecule has 2 saturated carbocycles. The monoisotopic (exact) mass is 224 g/mol. The Hall–Kier alpha value is -0.570. The Morgan fingerprint density at radius 2 is 2.06 bits per heavy atom. The van der Waals surface area contributed by atoms with Crippen molar-refractivity contribution < 1.29 is 4.79 Å². The molecule has 2 N–H and O–H groups in total. The van der Waals surface area contributed by atoms with Crippen molar-refractivity contribution in [2.45, 2.75) is 52.0 Å². The van der Waals surface area contributed by atoms with E-state index in [0.29, 0.717) is 17.9 Å². The van der Waals surface area contributed by atoms with Gasteiger partial charge in [-0.3, -0.25) is 4.79 Å². The number of carbonyl (C=O) groups is 1. The molecule has 0 aromatic carbocycles. The quantitative estimate of drug-likeness (QED) is 0.691. The normalized spacial score (nSPS) is 22.2. The third-order valence-corrected chi connectivity index (χ3v) is 3.88. The molecule has 2 aliphatic carbocycles. The molecule has 2 rings (SSSR count). The summed E-state index contributed by atoms with van der Waals surface area (Å²) in [6, 6.07) is 0.467. The van der Waals surface area contributed by atoms with E-state index in [9.17, 15) is 4.79 Å². The van der Waals surface area contributed by atoms with Gasteiger partial charge < -0.3 is 10.6 Å². The predicted octanol–water partition coefficient (Wildman–Crippen LogP) is 1.68. The molecule has 16 heavy (non-hydrogen) atoms. The number of amides is 1. The van der Waals surface area contributed by atoms with Gasteiger partial charge in [0, 0.05) is 25.6 Å². The lowest BCUT2D eigenvalue weighted by Gasteiger charge is -2.15. The van der Waals surface area contributed by atoms with Crippen molar-refractivity contribution in [3.63, 3.8) is 0 Å². The molecule has 3 nitrogen and oxygen atoms in total. The molecule has 2 fully saturated rings. The van der Waals surface area contributed by atoms with Gasteiger partial charge in [-0.2, -0.15) is 0 Å². The molecular weight excluding hydrogens is 200 g/mol. The van der Waals surface area contributed by atoms with Crippen LogP contribution in [0.3, 0.4) is 0 Å². The fourth-order valence-electron chi connectivity index (χ4n) is 2.42. The molecule has 3 heteroatoms. The highest BCUT2D eigenvalue weighted by molar-refractivity contribution is 5.76. The Labute approximate surface area is 98.4 Å². The van der Waals surface area contributed by atoms with E-state index in [1.54, 1.807) is 0 Å². The van der Waals surface area contributed by atoms with Gasteiger partial charge in [-0.25, -0.2) is 0 Å². The third-order valence-electron chi connectivity index (χ3n) is 3.88. The zero-order valence-corrected chi connectivity index (χ0v) is 10.5. The molecule has 0 radical (unpaired) electrons. The fraction of sp³-hybridized carbons (Fsp3) is 0.923. The van der Waals surface area contributed by atoms with Crippen molar-refractivity contribution >= 4 is 5.91 Å². The lowest BCUT2D eigenvalue weighted by atomic mass is 10.0. The van der Waals surface area contributed by atoms with Crippen LogP contribution in [0.2, 0.25) is 0 Å². The van der Waals surface area contributed by atoms with Crippen molar-refractivity contribution in [3.05, 3.63) is 0 Å². The summed E-state index contributed by atoms with van der Waals surface area (Å²) in [6.07, 6.45) is 6.07. The lowest BCUT2D eigenvalue weighted by molar-refractivity contribution is -0.121. The molecule has 0 bridgehead atoms. The summed E-state index contributed by atoms with van der Waals surface area (Å²) < 4.78 is 0. The van der Waals surface area contributed by atoms with Crippen LogP contribution in [0.25, 0.3) is 0 Å². The highest BCUT2D eigenvalue weighted by Crippen LogP contribution is 2.60. The third kappa shape index (κ3) is 3.21. The molecule has 0 aromatic heterocycles. The van der Waals surface area contributed by atoms with E-state index in [2.05, 4.69) is 24.5 Å². The Kier molecular flexibility index (Phi) is 3.53. The molecule has 0 aliphatic heterocycles. The van der Waals surface area contributed by atoms with Crippen molar-refractivity contribution in [1.82, 2.24) is 10.6 Å². The van der Waals surface area contributed by atoms with Crippen molar-refractivity contribution in [2.24, 2.45) is 11.3 Å². The number of rotatable bonds is 7. The van der Waals surface area contributed by atoms with Crippen LogP contribution in [-0.2, 0) is 4.79 Å². The minimum Gasteiger partial charge on any atom is -0.355 e. The minimum atomic E-state index is 0.208. The van der Waals surface area contributed by atoms with Gasteiger partial charge in [0.15, 0.2) is 0 Å². The first kappa shape index (κ1) is 11.9. The van der Waals surface area contributed by atoms with E-state index in [1.807, 2.05) is 0 Å². The minimum absolute atomic E-state index is 0.208. The van der Waals surface area contributed by atoms with E-state index in [4.69, 9.17) is 0 Å². The zero-order valence-electron chi connectivity index (χ0n) is 10.5. The molecule has 0 saturated heterocycles. The zero-order chi connectivity index (χ0) is 11.6. The average Bonchev–Trinajstić information content (AvgIpc) is 3.06. The first-order valence-electron chi connectivity index (χ1n) is 6.62. The van der Waals surface area contributed by atoms with Crippen LogP contribution in [-0.4, -0.2) is 25.0 Å². The maximum Gasteiger partial charge on any atom is 0.221 e. The van der Waals surface area contributed by atoms with Crippen LogP contribution < -0.4 is 10.6 Å². The second-order valence-electron chi connectivity index (χ2n) is 5.77. The summed E-state index contributed by atoms with van der Waals surface area (Å²) in [6.45, 7) is 5.92. The highest BCUT2D eigenvalue weighted by Gasteiger charge is 2.53. The first-order valence-corrected chi connectivity index (χ1v) is 6.62. The van der Waals surface area contributed by atoms with E-state index in [-0.39, 0.29) is 5.91 Å². The predicted molar refractivity (Wildman–Crippen MR) is 65.2 cm³/mol. The Bertz CT molecular complexity index is 255. The second-order valence-corrected chi connectivity index (χ2v) is 5.77. The van der Waals surface area contributed by atoms with Crippen LogP contribution in [0.1, 0.15) is 46.0 Å². The topological polar surface area (TPSA) is 41.1 Å². The standard InChI is InChI=1S/C13H24N2O/c1-10(2)14-8-5-12(16)15-9-13(6-7-13)11-3-4-11/h10-11,14H,3-9H2,1-2H3,(H,15,16). The van der Waals surface area contributed by atoms with Gasteiger partial charge in [0.25, 0.3) is 0 Å². The molecule has 0 spiro atoms. The van der Waals surface area contributed by atoms with Gasteiger partial charge in [0.2, 0.25) is 5.91 Å². The van der Waals surface area contributed by atoms with Crippen LogP contribution in [0.15, 0.2) is 0 Å². The summed E-state index contributed by atoms with van der Waals surface area (Å²) >= 11 is 0. The van der Waals surface area contributed by atoms with Crippen molar-refractivity contribution in [2.75, 3.05) is 13.1 Å². The molecule has 92 valence electrons. The molecule has 0 heterocycles. The van der Waals surface area contributed by atoms with Crippen molar-refractivity contribution in [1.29, 1.82) is 0 Å². The summed E-state index contributed by atoms with van der Waals surface area (Å²) in [5.41, 5.74) is 0.529. The van der Waals surface area contributed by atoms with E-state index >= 15 is 0 Å². The van der Waals surface area contributed by atoms with Crippen LogP contribution in [0.4, 0.5) is 0 Å². The first-order chi connectivity index (χ1) is 7.62. The van der Waals surface area contributed by atoms with Gasteiger partial charge in [0.1, 0.15) is 0 Å². The van der Waals surface area contributed by atoms with E-state index < -0.39 is 0 Å². The fourth-order valence-corrected chi connectivity index (χ4v) is 2.42. The van der Waals surface area contributed by atoms with Crippen LogP contribution in [0, 0.1) is 11.3 Å². The van der Waals surface area contributed by atoms with Gasteiger partial charge in [0.05, 0.1) is 0 Å².